The van der Waals surface area contributed by atoms with E-state index in [2.05, 4.69) is 11.6 Å². The predicted octanol–water partition coefficient (Wildman–Crippen LogP) is 3.66. The molecule has 82 valence electrons. The second kappa shape index (κ2) is 4.04. The van der Waals surface area contributed by atoms with Gasteiger partial charge >= 0.3 is 6.18 Å². The Hall–Kier alpha value is -1.32. The van der Waals surface area contributed by atoms with Gasteiger partial charge in [0.15, 0.2) is 0 Å². The Kier molecular flexibility index (Phi) is 3.17. The summed E-state index contributed by atoms with van der Waals surface area (Å²) in [4.78, 5) is 3.37. The fourth-order valence-electron chi connectivity index (χ4n) is 1.27. The number of hydrogen-bond acceptors (Lipinski definition) is 1. The molecular formula is C11H12F3N. The van der Waals surface area contributed by atoms with Gasteiger partial charge in [0.25, 0.3) is 0 Å². The summed E-state index contributed by atoms with van der Waals surface area (Å²) in [6.07, 6.45) is -0.815. The van der Waals surface area contributed by atoms with E-state index in [9.17, 15) is 13.2 Å². The maximum absolute atomic E-state index is 12.3. The molecule has 0 aromatic rings. The molecule has 1 rings (SSSR count). The van der Waals surface area contributed by atoms with Crippen LogP contribution in [0.3, 0.4) is 0 Å². The molecule has 1 aliphatic rings. The third-order valence-electron chi connectivity index (χ3n) is 2.06. The molecule has 0 radical (unpaired) electrons. The Balaban J connectivity index is 3.10. The van der Waals surface area contributed by atoms with Crippen molar-refractivity contribution in [2.75, 3.05) is 0 Å². The number of allylic oxidation sites excluding steroid dienone is 5. The zero-order valence-corrected chi connectivity index (χ0v) is 8.60. The minimum atomic E-state index is -4.40. The lowest BCUT2D eigenvalue weighted by Crippen LogP contribution is -2.09. The molecule has 1 nitrogen and oxygen atoms in total. The minimum absolute atomic E-state index is 0.132. The average Bonchev–Trinajstić information content (AvgIpc) is 2.25. The van der Waals surface area contributed by atoms with Crippen LogP contribution in [0.4, 0.5) is 13.2 Å². The van der Waals surface area contributed by atoms with Crippen LogP contribution in [0.25, 0.3) is 0 Å². The van der Waals surface area contributed by atoms with E-state index < -0.39 is 11.9 Å². The van der Waals surface area contributed by atoms with E-state index in [0.717, 1.165) is 17.9 Å². The van der Waals surface area contributed by atoms with Gasteiger partial charge in [-0.3, -0.25) is 4.99 Å². The number of aliphatic imine (C=N–C) groups is 1. The molecule has 0 aliphatic carbocycles. The quantitative estimate of drug-likeness (QED) is 0.633. The molecular weight excluding hydrogens is 203 g/mol. The third kappa shape index (κ3) is 2.81. The van der Waals surface area contributed by atoms with Gasteiger partial charge < -0.3 is 0 Å². The van der Waals surface area contributed by atoms with Crippen molar-refractivity contribution in [1.82, 2.24) is 0 Å². The van der Waals surface area contributed by atoms with E-state index in [0.29, 0.717) is 5.57 Å². The van der Waals surface area contributed by atoms with Crippen molar-refractivity contribution in [2.24, 2.45) is 10.9 Å². The van der Waals surface area contributed by atoms with Gasteiger partial charge in [0.05, 0.1) is 0 Å². The summed E-state index contributed by atoms with van der Waals surface area (Å²) in [5, 5.41) is 0. The van der Waals surface area contributed by atoms with Crippen LogP contribution in [0.1, 0.15) is 13.8 Å². The fourth-order valence-corrected chi connectivity index (χ4v) is 1.27. The predicted molar refractivity (Wildman–Crippen MR) is 54.7 cm³/mol. The summed E-state index contributed by atoms with van der Waals surface area (Å²) < 4.78 is 37.0. The monoisotopic (exact) mass is 215 g/mol. The van der Waals surface area contributed by atoms with E-state index >= 15 is 0 Å². The smallest absolute Gasteiger partial charge is 0.251 e. The Morgan fingerprint density at radius 1 is 1.27 bits per heavy atom. The van der Waals surface area contributed by atoms with Crippen molar-refractivity contribution in [3.63, 3.8) is 0 Å². The zero-order chi connectivity index (χ0) is 11.6. The van der Waals surface area contributed by atoms with Crippen molar-refractivity contribution in [1.29, 1.82) is 0 Å². The SMILES string of the molecule is C=C1C=NC(C(F)(F)F)=CC=C1C(C)C. The molecule has 0 bridgehead atoms. The molecule has 1 aliphatic heterocycles. The summed E-state index contributed by atoms with van der Waals surface area (Å²) in [6.45, 7) is 7.48. The molecule has 0 unspecified atom stereocenters. The van der Waals surface area contributed by atoms with Crippen LogP contribution >= 0.6 is 0 Å². The molecule has 0 aromatic heterocycles. The van der Waals surface area contributed by atoms with E-state index in [1.807, 2.05) is 13.8 Å². The Labute approximate surface area is 86.7 Å². The first-order valence-corrected chi connectivity index (χ1v) is 4.55. The highest BCUT2D eigenvalue weighted by atomic mass is 19.4. The van der Waals surface area contributed by atoms with E-state index in [1.165, 1.54) is 6.08 Å². The van der Waals surface area contributed by atoms with Crippen molar-refractivity contribution in [3.8, 4) is 0 Å². The van der Waals surface area contributed by atoms with Crippen LogP contribution in [0.5, 0.6) is 0 Å². The molecule has 0 N–H and O–H groups in total. The first-order valence-electron chi connectivity index (χ1n) is 4.55. The van der Waals surface area contributed by atoms with Gasteiger partial charge in [-0.1, -0.05) is 26.5 Å². The average molecular weight is 215 g/mol. The molecule has 0 fully saturated rings. The Morgan fingerprint density at radius 2 is 1.87 bits per heavy atom. The third-order valence-corrected chi connectivity index (χ3v) is 2.06. The largest absolute Gasteiger partial charge is 0.433 e. The second-order valence-electron chi connectivity index (χ2n) is 3.61. The first kappa shape index (κ1) is 11.8. The molecule has 1 heterocycles. The lowest BCUT2D eigenvalue weighted by atomic mass is 9.97. The maximum atomic E-state index is 12.3. The minimum Gasteiger partial charge on any atom is -0.251 e. The van der Waals surface area contributed by atoms with Crippen LogP contribution in [0.15, 0.2) is 40.6 Å². The first-order chi connectivity index (χ1) is 6.82. The van der Waals surface area contributed by atoms with E-state index in [-0.39, 0.29) is 5.92 Å². The highest BCUT2D eigenvalue weighted by molar-refractivity contribution is 5.85. The van der Waals surface area contributed by atoms with Gasteiger partial charge in [0.2, 0.25) is 0 Å². The number of nitrogens with zero attached hydrogens (tertiary/aromatic N) is 1. The molecule has 15 heavy (non-hydrogen) atoms. The summed E-state index contributed by atoms with van der Waals surface area (Å²) in [7, 11) is 0. The number of rotatable bonds is 1. The van der Waals surface area contributed by atoms with Gasteiger partial charge in [0.1, 0.15) is 5.70 Å². The normalized spacial score (nSPS) is 17.6. The van der Waals surface area contributed by atoms with Gasteiger partial charge in [-0.2, -0.15) is 13.2 Å². The van der Waals surface area contributed by atoms with Crippen molar-refractivity contribution >= 4 is 6.21 Å². The highest BCUT2D eigenvalue weighted by Crippen LogP contribution is 2.29. The number of alkyl halides is 3. The van der Waals surface area contributed by atoms with E-state index in [4.69, 9.17) is 0 Å². The summed E-state index contributed by atoms with van der Waals surface area (Å²) in [5.74, 6) is 0.132. The summed E-state index contributed by atoms with van der Waals surface area (Å²) in [5.41, 5.74) is 0.415. The van der Waals surface area contributed by atoms with Crippen molar-refractivity contribution in [2.45, 2.75) is 20.0 Å². The van der Waals surface area contributed by atoms with E-state index in [1.54, 1.807) is 0 Å². The second-order valence-corrected chi connectivity index (χ2v) is 3.61. The lowest BCUT2D eigenvalue weighted by Gasteiger charge is -2.08. The van der Waals surface area contributed by atoms with Gasteiger partial charge in [0, 0.05) is 6.21 Å². The lowest BCUT2D eigenvalue weighted by molar-refractivity contribution is -0.0922. The van der Waals surface area contributed by atoms with Crippen LogP contribution in [0.2, 0.25) is 0 Å². The fraction of sp³-hybridized carbons (Fsp3) is 0.364. The zero-order valence-electron chi connectivity index (χ0n) is 8.60. The topological polar surface area (TPSA) is 12.4 Å². The van der Waals surface area contributed by atoms with Crippen LogP contribution < -0.4 is 0 Å². The van der Waals surface area contributed by atoms with Crippen LogP contribution in [0, 0.1) is 5.92 Å². The Morgan fingerprint density at radius 3 is 2.33 bits per heavy atom. The maximum Gasteiger partial charge on any atom is 0.433 e. The summed E-state index contributed by atoms with van der Waals surface area (Å²) in [6, 6.07) is 0. The molecule has 0 atom stereocenters. The molecule has 0 saturated heterocycles. The standard InChI is InChI=1S/C11H12F3N/c1-7(2)9-4-5-10(11(12,13)14)15-6-8(9)3/h4-7H,3H2,1-2H3. The van der Waals surface area contributed by atoms with Gasteiger partial charge in [-0.25, -0.2) is 0 Å². The highest BCUT2D eigenvalue weighted by Gasteiger charge is 2.33. The van der Waals surface area contributed by atoms with Crippen LogP contribution in [-0.2, 0) is 0 Å². The van der Waals surface area contributed by atoms with Crippen molar-refractivity contribution in [3.05, 3.63) is 35.6 Å². The molecule has 0 amide bonds. The molecule has 4 heteroatoms. The molecule has 0 aromatic carbocycles. The Bertz CT molecular complexity index is 357. The van der Waals surface area contributed by atoms with Gasteiger partial charge in [-0.15, -0.1) is 0 Å². The molecule has 0 saturated carbocycles. The molecule has 0 spiro atoms. The number of halogens is 3. The van der Waals surface area contributed by atoms with Gasteiger partial charge in [-0.05, 0) is 23.1 Å². The number of hydrogen-bond donors (Lipinski definition) is 0. The van der Waals surface area contributed by atoms with Crippen molar-refractivity contribution < 1.29 is 13.2 Å². The summed E-state index contributed by atoms with van der Waals surface area (Å²) >= 11 is 0. The van der Waals surface area contributed by atoms with Crippen LogP contribution in [-0.4, -0.2) is 12.4 Å².